The zero-order valence-corrected chi connectivity index (χ0v) is 10.8. The van der Waals surface area contributed by atoms with E-state index in [1.54, 1.807) is 0 Å². The molecule has 0 fully saturated rings. The average molecular weight is 278 g/mol. The molecule has 1 aromatic rings. The number of nitrogens with two attached hydrogens (primary N) is 2. The van der Waals surface area contributed by atoms with Crippen LogP contribution in [0.5, 0.6) is 0 Å². The fourth-order valence-corrected chi connectivity index (χ4v) is 1.72. The van der Waals surface area contributed by atoms with Gasteiger partial charge in [-0.3, -0.25) is 0 Å². The van der Waals surface area contributed by atoms with E-state index in [-0.39, 0.29) is 34.7 Å². The van der Waals surface area contributed by atoms with Crippen molar-refractivity contribution in [3.8, 4) is 0 Å². The van der Waals surface area contributed by atoms with Crippen molar-refractivity contribution >= 4 is 28.7 Å². The summed E-state index contributed by atoms with van der Waals surface area (Å²) in [4.78, 5) is 0. The Labute approximate surface area is 110 Å². The van der Waals surface area contributed by atoms with Crippen LogP contribution in [0.4, 0.5) is 21.5 Å². The van der Waals surface area contributed by atoms with Crippen molar-refractivity contribution in [2.24, 2.45) is 0 Å². The third-order valence-electron chi connectivity index (χ3n) is 2.46. The second-order valence-corrected chi connectivity index (χ2v) is 4.24. The Bertz CT molecular complexity index is 412. The first-order valence-corrected chi connectivity index (χ1v) is 5.78. The Hall–Kier alpha value is -1.24. The molecule has 102 valence electrons. The van der Waals surface area contributed by atoms with E-state index in [4.69, 9.17) is 32.9 Å². The smallest absolute Gasteiger partial charge is 0.169 e. The van der Waals surface area contributed by atoms with E-state index in [1.165, 1.54) is 13.2 Å². The number of aliphatic hydroxyl groups is 1. The number of rotatable bonds is 6. The Kier molecular flexibility index (Phi) is 5.46. The molecule has 0 aliphatic heterocycles. The number of halogens is 2. The van der Waals surface area contributed by atoms with Crippen LogP contribution in [0, 0.1) is 5.82 Å². The number of anilines is 3. The topological polar surface area (TPSA) is 93.5 Å². The Morgan fingerprint density at radius 1 is 1.50 bits per heavy atom. The van der Waals surface area contributed by atoms with Gasteiger partial charge in [0.05, 0.1) is 29.7 Å². The summed E-state index contributed by atoms with van der Waals surface area (Å²) in [6, 6.07) is 1.12. The molecule has 1 unspecified atom stereocenters. The van der Waals surface area contributed by atoms with E-state index in [9.17, 15) is 4.39 Å². The quantitative estimate of drug-likeness (QED) is 0.591. The van der Waals surface area contributed by atoms with Crippen LogP contribution < -0.4 is 16.8 Å². The minimum Gasteiger partial charge on any atom is -0.397 e. The monoisotopic (exact) mass is 277 g/mol. The molecule has 0 heterocycles. The second kappa shape index (κ2) is 6.63. The first kappa shape index (κ1) is 14.8. The maximum Gasteiger partial charge on any atom is 0.169 e. The Morgan fingerprint density at radius 3 is 2.72 bits per heavy atom. The fourth-order valence-electron chi connectivity index (χ4n) is 1.57. The number of ether oxygens (including phenoxy) is 1. The minimum absolute atomic E-state index is 0.0503. The number of methoxy groups -OCH3 is 1. The van der Waals surface area contributed by atoms with Gasteiger partial charge in [0.1, 0.15) is 5.02 Å². The van der Waals surface area contributed by atoms with Crippen molar-refractivity contribution in [2.45, 2.75) is 12.5 Å². The first-order chi connectivity index (χ1) is 8.51. The van der Waals surface area contributed by atoms with Crippen LogP contribution in [-0.2, 0) is 4.74 Å². The first-order valence-electron chi connectivity index (χ1n) is 5.40. The fraction of sp³-hybridized carbons (Fsp3) is 0.455. The number of aliphatic hydroxyl groups excluding tert-OH is 1. The van der Waals surface area contributed by atoms with Gasteiger partial charge in [0.15, 0.2) is 5.82 Å². The normalized spacial score (nSPS) is 12.4. The van der Waals surface area contributed by atoms with E-state index in [2.05, 4.69) is 5.32 Å². The van der Waals surface area contributed by atoms with E-state index in [0.717, 1.165) is 0 Å². The summed E-state index contributed by atoms with van der Waals surface area (Å²) < 4.78 is 18.9. The van der Waals surface area contributed by atoms with Gasteiger partial charge >= 0.3 is 0 Å². The van der Waals surface area contributed by atoms with Crippen molar-refractivity contribution < 1.29 is 14.2 Å². The molecule has 0 aliphatic rings. The van der Waals surface area contributed by atoms with Gasteiger partial charge in [-0.1, -0.05) is 11.6 Å². The number of nitrogen functional groups attached to an aromatic ring is 2. The molecule has 6 N–H and O–H groups in total. The van der Waals surface area contributed by atoms with Crippen molar-refractivity contribution in [1.82, 2.24) is 0 Å². The van der Waals surface area contributed by atoms with Crippen molar-refractivity contribution in [2.75, 3.05) is 37.1 Å². The lowest BCUT2D eigenvalue weighted by atomic mass is 10.1. The van der Waals surface area contributed by atoms with Gasteiger partial charge in [-0.15, -0.1) is 0 Å². The van der Waals surface area contributed by atoms with Crippen molar-refractivity contribution in [3.05, 3.63) is 16.9 Å². The SMILES string of the molecule is COCC(CCO)Nc1c(N)cc(N)c(Cl)c1F. The van der Waals surface area contributed by atoms with E-state index < -0.39 is 5.82 Å². The largest absolute Gasteiger partial charge is 0.397 e. The minimum atomic E-state index is -0.701. The molecule has 0 aromatic heterocycles. The molecule has 5 nitrogen and oxygen atoms in total. The van der Waals surface area contributed by atoms with Crippen molar-refractivity contribution in [3.63, 3.8) is 0 Å². The molecule has 0 aliphatic carbocycles. The van der Waals surface area contributed by atoms with Gasteiger partial charge in [-0.25, -0.2) is 4.39 Å². The summed E-state index contributed by atoms with van der Waals surface area (Å²) >= 11 is 5.72. The molecular formula is C11H17ClFN3O2. The zero-order chi connectivity index (χ0) is 13.7. The molecule has 0 saturated carbocycles. The van der Waals surface area contributed by atoms with Crippen molar-refractivity contribution in [1.29, 1.82) is 0 Å². The highest BCUT2D eigenvalue weighted by Gasteiger charge is 2.17. The maximum atomic E-state index is 13.9. The zero-order valence-electron chi connectivity index (χ0n) is 10.0. The summed E-state index contributed by atoms with van der Waals surface area (Å²) in [6.07, 6.45) is 0.398. The second-order valence-electron chi connectivity index (χ2n) is 3.87. The van der Waals surface area contributed by atoms with Crippen LogP contribution in [-0.4, -0.2) is 31.5 Å². The molecule has 7 heteroatoms. The lowest BCUT2D eigenvalue weighted by molar-refractivity contribution is 0.170. The highest BCUT2D eigenvalue weighted by molar-refractivity contribution is 6.33. The predicted molar refractivity (Wildman–Crippen MR) is 71.2 cm³/mol. The summed E-state index contributed by atoms with van der Waals surface area (Å²) in [5, 5.41) is 11.6. The van der Waals surface area contributed by atoms with Crippen LogP contribution in [0.2, 0.25) is 5.02 Å². The van der Waals surface area contributed by atoms with E-state index in [1.807, 2.05) is 0 Å². The molecule has 0 amide bonds. The summed E-state index contributed by atoms with van der Waals surface area (Å²) in [5.74, 6) is -0.701. The number of hydrogen-bond acceptors (Lipinski definition) is 5. The summed E-state index contributed by atoms with van der Waals surface area (Å²) in [7, 11) is 1.52. The molecule has 0 bridgehead atoms. The molecule has 18 heavy (non-hydrogen) atoms. The average Bonchev–Trinajstić information content (AvgIpc) is 2.32. The van der Waals surface area contributed by atoms with Gasteiger partial charge in [-0.2, -0.15) is 0 Å². The molecule has 1 atom stereocenters. The molecule has 1 aromatic carbocycles. The van der Waals surface area contributed by atoms with Gasteiger partial charge in [0.2, 0.25) is 0 Å². The van der Waals surface area contributed by atoms with Gasteiger partial charge in [-0.05, 0) is 12.5 Å². The Morgan fingerprint density at radius 2 is 2.17 bits per heavy atom. The van der Waals surface area contributed by atoms with Crippen LogP contribution in [0.1, 0.15) is 6.42 Å². The lowest BCUT2D eigenvalue weighted by Crippen LogP contribution is -2.27. The lowest BCUT2D eigenvalue weighted by Gasteiger charge is -2.20. The van der Waals surface area contributed by atoms with Crippen LogP contribution in [0.25, 0.3) is 0 Å². The maximum absolute atomic E-state index is 13.9. The highest BCUT2D eigenvalue weighted by Crippen LogP contribution is 2.34. The molecule has 0 radical (unpaired) electrons. The van der Waals surface area contributed by atoms with E-state index >= 15 is 0 Å². The van der Waals surface area contributed by atoms with Gasteiger partial charge in [0, 0.05) is 13.7 Å². The van der Waals surface area contributed by atoms with Crippen LogP contribution >= 0.6 is 11.6 Å². The van der Waals surface area contributed by atoms with E-state index in [0.29, 0.717) is 13.0 Å². The van der Waals surface area contributed by atoms with Crippen LogP contribution in [0.15, 0.2) is 6.07 Å². The molecule has 1 rings (SSSR count). The Balaban J connectivity index is 2.98. The molecular weight excluding hydrogens is 261 g/mol. The predicted octanol–water partition coefficient (Wildman–Crippen LogP) is 1.45. The molecule has 0 spiro atoms. The summed E-state index contributed by atoms with van der Waals surface area (Å²) in [5.41, 5.74) is 11.5. The van der Waals surface area contributed by atoms with Gasteiger partial charge < -0.3 is 26.6 Å². The molecule has 0 saturated heterocycles. The summed E-state index contributed by atoms with van der Waals surface area (Å²) in [6.45, 7) is 0.257. The van der Waals surface area contributed by atoms with Crippen LogP contribution in [0.3, 0.4) is 0 Å². The standard InChI is InChI=1S/C11H17ClFN3O2/c1-18-5-6(2-3-17)16-11-8(15)4-7(14)9(12)10(11)13/h4,6,16-17H,2-3,5,14-15H2,1H3. The number of hydrogen-bond donors (Lipinski definition) is 4. The highest BCUT2D eigenvalue weighted by atomic mass is 35.5. The third kappa shape index (κ3) is 3.38. The number of benzene rings is 1. The number of nitrogens with one attached hydrogen (secondary N) is 1. The third-order valence-corrected chi connectivity index (χ3v) is 2.84. The van der Waals surface area contributed by atoms with Gasteiger partial charge in [0.25, 0.3) is 0 Å².